The molecule has 0 radical (unpaired) electrons. The maximum Gasteiger partial charge on any atom is 0.306 e. The van der Waals surface area contributed by atoms with Crippen molar-refractivity contribution >= 4 is 16.9 Å². The van der Waals surface area contributed by atoms with Gasteiger partial charge in [-0.3, -0.25) is 4.79 Å². The number of fused-ring (bicyclic) bond motifs is 1. The lowest BCUT2D eigenvalue weighted by molar-refractivity contribution is -0.141. The Balaban J connectivity index is 2.58. The zero-order chi connectivity index (χ0) is 14.2. The lowest BCUT2D eigenvalue weighted by Gasteiger charge is -2.16. The molecule has 2 rings (SSSR count). The molecule has 1 atom stereocenters. The zero-order valence-corrected chi connectivity index (χ0v) is 12.0. The number of hydrogen-bond acceptors (Lipinski definition) is 1. The van der Waals surface area contributed by atoms with Crippen molar-refractivity contribution in [1.29, 1.82) is 0 Å². The van der Waals surface area contributed by atoms with Crippen LogP contribution < -0.4 is 0 Å². The largest absolute Gasteiger partial charge is 0.481 e. The number of carboxylic acid groups (broad SMARTS) is 1. The third-order valence-corrected chi connectivity index (χ3v) is 3.60. The van der Waals surface area contributed by atoms with Crippen LogP contribution in [-0.4, -0.2) is 15.6 Å². The Labute approximate surface area is 113 Å². The molecule has 0 saturated heterocycles. The molecule has 0 aliphatic carbocycles. The van der Waals surface area contributed by atoms with Crippen molar-refractivity contribution in [3.05, 3.63) is 35.5 Å². The van der Waals surface area contributed by atoms with Gasteiger partial charge in [0.05, 0.1) is 11.4 Å². The molecule has 102 valence electrons. The smallest absolute Gasteiger partial charge is 0.306 e. The lowest BCUT2D eigenvalue weighted by Crippen LogP contribution is -2.13. The SMILES string of the molecule is Cc1cc2cccc(CC(C)C(=O)O)c2n1C(C)C. The molecule has 1 N–H and O–H groups in total. The normalized spacial score (nSPS) is 13.1. The molecular formula is C16H21NO2. The van der Waals surface area contributed by atoms with E-state index in [1.54, 1.807) is 6.92 Å². The van der Waals surface area contributed by atoms with E-state index < -0.39 is 5.97 Å². The van der Waals surface area contributed by atoms with Crippen LogP contribution >= 0.6 is 0 Å². The van der Waals surface area contributed by atoms with E-state index in [0.717, 1.165) is 5.56 Å². The molecule has 19 heavy (non-hydrogen) atoms. The second-order valence-electron chi connectivity index (χ2n) is 5.55. The van der Waals surface area contributed by atoms with Gasteiger partial charge >= 0.3 is 5.97 Å². The van der Waals surface area contributed by atoms with Gasteiger partial charge in [0.2, 0.25) is 0 Å². The first kappa shape index (κ1) is 13.7. The molecule has 3 nitrogen and oxygen atoms in total. The second kappa shape index (κ2) is 5.08. The minimum Gasteiger partial charge on any atom is -0.481 e. The van der Waals surface area contributed by atoms with Gasteiger partial charge in [-0.1, -0.05) is 25.1 Å². The molecule has 0 spiro atoms. The number of aromatic nitrogens is 1. The van der Waals surface area contributed by atoms with Crippen LogP contribution in [0.25, 0.3) is 10.9 Å². The summed E-state index contributed by atoms with van der Waals surface area (Å²) in [5.74, 6) is -1.10. The number of nitrogens with zero attached hydrogens (tertiary/aromatic N) is 1. The summed E-state index contributed by atoms with van der Waals surface area (Å²) in [5, 5.41) is 10.3. The minimum absolute atomic E-state index is 0.360. The van der Waals surface area contributed by atoms with Crippen LogP contribution in [0.5, 0.6) is 0 Å². The van der Waals surface area contributed by atoms with Gasteiger partial charge in [0.15, 0.2) is 0 Å². The van der Waals surface area contributed by atoms with Crippen LogP contribution in [0.3, 0.4) is 0 Å². The molecule has 0 saturated carbocycles. The van der Waals surface area contributed by atoms with E-state index in [0.29, 0.717) is 12.5 Å². The Morgan fingerprint density at radius 1 is 1.32 bits per heavy atom. The quantitative estimate of drug-likeness (QED) is 0.907. The highest BCUT2D eigenvalue weighted by Gasteiger charge is 2.17. The van der Waals surface area contributed by atoms with Crippen molar-refractivity contribution in [2.45, 2.75) is 40.2 Å². The van der Waals surface area contributed by atoms with Gasteiger partial charge in [0, 0.05) is 17.1 Å². The summed E-state index contributed by atoms with van der Waals surface area (Å²) in [6, 6.07) is 8.69. The molecule has 1 aromatic heterocycles. The topological polar surface area (TPSA) is 42.2 Å². The summed E-state index contributed by atoms with van der Waals surface area (Å²) < 4.78 is 2.29. The fraction of sp³-hybridized carbons (Fsp3) is 0.438. The lowest BCUT2D eigenvalue weighted by atomic mass is 9.99. The van der Waals surface area contributed by atoms with Crippen molar-refractivity contribution in [2.75, 3.05) is 0 Å². The fourth-order valence-electron chi connectivity index (χ4n) is 2.74. The Bertz CT molecular complexity index is 610. The first-order valence-corrected chi connectivity index (χ1v) is 6.74. The highest BCUT2D eigenvalue weighted by Crippen LogP contribution is 2.28. The predicted molar refractivity (Wildman–Crippen MR) is 77.6 cm³/mol. The highest BCUT2D eigenvalue weighted by atomic mass is 16.4. The zero-order valence-electron chi connectivity index (χ0n) is 12.0. The summed E-state index contributed by atoms with van der Waals surface area (Å²) in [7, 11) is 0. The molecule has 0 fully saturated rings. The average molecular weight is 259 g/mol. The number of carbonyl (C=O) groups is 1. The van der Waals surface area contributed by atoms with Crippen molar-refractivity contribution in [3.8, 4) is 0 Å². The molecule has 1 unspecified atom stereocenters. The van der Waals surface area contributed by atoms with E-state index in [4.69, 9.17) is 5.11 Å². The minimum atomic E-state index is -0.739. The van der Waals surface area contributed by atoms with E-state index in [9.17, 15) is 4.79 Å². The number of carboxylic acids is 1. The Hall–Kier alpha value is -1.77. The van der Waals surface area contributed by atoms with Crippen LogP contribution in [-0.2, 0) is 11.2 Å². The van der Waals surface area contributed by atoms with Crippen molar-refractivity contribution in [3.63, 3.8) is 0 Å². The maximum absolute atomic E-state index is 11.1. The van der Waals surface area contributed by atoms with E-state index in [2.05, 4.69) is 37.5 Å². The first-order valence-electron chi connectivity index (χ1n) is 6.74. The third-order valence-electron chi connectivity index (χ3n) is 3.60. The van der Waals surface area contributed by atoms with E-state index >= 15 is 0 Å². The van der Waals surface area contributed by atoms with Crippen LogP contribution in [0, 0.1) is 12.8 Å². The van der Waals surface area contributed by atoms with Crippen LogP contribution in [0.1, 0.15) is 38.1 Å². The second-order valence-corrected chi connectivity index (χ2v) is 5.55. The van der Waals surface area contributed by atoms with Gasteiger partial charge in [-0.25, -0.2) is 0 Å². The van der Waals surface area contributed by atoms with Gasteiger partial charge in [-0.15, -0.1) is 0 Å². The van der Waals surface area contributed by atoms with E-state index in [1.165, 1.54) is 16.6 Å². The van der Waals surface area contributed by atoms with Gasteiger partial charge in [0.25, 0.3) is 0 Å². The summed E-state index contributed by atoms with van der Waals surface area (Å²) in [4.78, 5) is 11.1. The van der Waals surface area contributed by atoms with Gasteiger partial charge in [-0.05, 0) is 38.8 Å². The van der Waals surface area contributed by atoms with Crippen LogP contribution in [0.2, 0.25) is 0 Å². The highest BCUT2D eigenvalue weighted by molar-refractivity contribution is 5.85. The summed E-state index contributed by atoms with van der Waals surface area (Å²) in [5.41, 5.74) is 3.53. The molecular weight excluding hydrogens is 238 g/mol. The number of para-hydroxylation sites is 1. The van der Waals surface area contributed by atoms with Crippen molar-refractivity contribution < 1.29 is 9.90 Å². The number of rotatable bonds is 4. The Kier molecular flexibility index (Phi) is 3.65. The number of benzene rings is 1. The van der Waals surface area contributed by atoms with Crippen molar-refractivity contribution in [2.24, 2.45) is 5.92 Å². The van der Waals surface area contributed by atoms with E-state index in [1.807, 2.05) is 12.1 Å². The van der Waals surface area contributed by atoms with E-state index in [-0.39, 0.29) is 5.92 Å². The summed E-state index contributed by atoms with van der Waals surface area (Å²) in [6.07, 6.45) is 0.572. The molecule has 0 aliphatic rings. The van der Waals surface area contributed by atoms with Gasteiger partial charge in [0.1, 0.15) is 0 Å². The molecule has 1 heterocycles. The number of aryl methyl sites for hydroxylation is 1. The van der Waals surface area contributed by atoms with Crippen LogP contribution in [0.15, 0.2) is 24.3 Å². The van der Waals surface area contributed by atoms with Gasteiger partial charge in [-0.2, -0.15) is 0 Å². The molecule has 2 aromatic rings. The number of hydrogen-bond donors (Lipinski definition) is 1. The van der Waals surface area contributed by atoms with Crippen molar-refractivity contribution in [1.82, 2.24) is 4.57 Å². The predicted octanol–water partition coefficient (Wildman–Crippen LogP) is 3.79. The molecule has 0 aliphatic heterocycles. The molecule has 1 aromatic carbocycles. The maximum atomic E-state index is 11.1. The fourth-order valence-corrected chi connectivity index (χ4v) is 2.74. The summed E-state index contributed by atoms with van der Waals surface area (Å²) >= 11 is 0. The average Bonchev–Trinajstić information content (AvgIpc) is 2.65. The first-order chi connectivity index (χ1) is 8.91. The molecule has 3 heteroatoms. The molecule has 0 bridgehead atoms. The third kappa shape index (κ3) is 2.50. The summed E-state index contributed by atoms with van der Waals surface area (Å²) in [6.45, 7) is 8.18. The van der Waals surface area contributed by atoms with Crippen LogP contribution in [0.4, 0.5) is 0 Å². The standard InChI is InChI=1S/C16H21NO2/c1-10(2)17-12(4)9-14-7-5-6-13(15(14)17)8-11(3)16(18)19/h5-7,9-11H,8H2,1-4H3,(H,18,19). The Morgan fingerprint density at radius 3 is 2.58 bits per heavy atom. The monoisotopic (exact) mass is 259 g/mol. The Morgan fingerprint density at radius 2 is 2.00 bits per heavy atom. The van der Waals surface area contributed by atoms with Gasteiger partial charge < -0.3 is 9.67 Å². The molecule has 0 amide bonds. The number of aliphatic carboxylic acids is 1.